The van der Waals surface area contributed by atoms with Crippen LogP contribution in [0.25, 0.3) is 22.3 Å². The van der Waals surface area contributed by atoms with Crippen molar-refractivity contribution in [2.45, 2.75) is 6.92 Å². The van der Waals surface area contributed by atoms with E-state index in [1.54, 1.807) is 12.1 Å². The third-order valence-electron chi connectivity index (χ3n) is 3.80. The Labute approximate surface area is 138 Å². The summed E-state index contributed by atoms with van der Waals surface area (Å²) in [5.74, 6) is -0.629. The van der Waals surface area contributed by atoms with Crippen LogP contribution in [0.15, 0.2) is 48.5 Å². The van der Waals surface area contributed by atoms with Gasteiger partial charge in [-0.2, -0.15) is 0 Å². The molecule has 0 heterocycles. The van der Waals surface area contributed by atoms with Gasteiger partial charge in [0.25, 0.3) is 0 Å². The van der Waals surface area contributed by atoms with Crippen LogP contribution in [-0.4, -0.2) is 25.5 Å². The van der Waals surface area contributed by atoms with Gasteiger partial charge in [-0.05, 0) is 48.9 Å². The normalized spacial score (nSPS) is 10.7. The lowest BCUT2D eigenvalue weighted by Gasteiger charge is -2.14. The highest BCUT2D eigenvalue weighted by Crippen LogP contribution is 2.45. The van der Waals surface area contributed by atoms with Gasteiger partial charge < -0.3 is 25.5 Å². The first-order chi connectivity index (χ1) is 11.4. The van der Waals surface area contributed by atoms with Crippen LogP contribution in [0.4, 0.5) is 0 Å². The van der Waals surface area contributed by atoms with Gasteiger partial charge in [-0.25, -0.2) is 0 Å². The van der Waals surface area contributed by atoms with Crippen LogP contribution in [0.3, 0.4) is 0 Å². The SMILES string of the molecule is Cc1cc(-c2ccc(O)cc2O)c(O)c(-c2ccc(O)cc2O)c1. The Bertz CT molecular complexity index is 859. The van der Waals surface area contributed by atoms with Gasteiger partial charge in [-0.3, -0.25) is 0 Å². The first-order valence-corrected chi connectivity index (χ1v) is 7.25. The monoisotopic (exact) mass is 324 g/mol. The van der Waals surface area contributed by atoms with E-state index in [9.17, 15) is 25.5 Å². The summed E-state index contributed by atoms with van der Waals surface area (Å²) in [6.45, 7) is 1.82. The maximum Gasteiger partial charge on any atom is 0.131 e. The summed E-state index contributed by atoms with van der Waals surface area (Å²) >= 11 is 0. The number of rotatable bonds is 2. The minimum atomic E-state index is -0.170. The van der Waals surface area contributed by atoms with Crippen molar-refractivity contribution in [1.82, 2.24) is 0 Å². The minimum Gasteiger partial charge on any atom is -0.508 e. The number of benzene rings is 3. The standard InChI is InChI=1S/C19H16O5/c1-10-6-15(13-4-2-11(20)8-17(13)22)19(24)16(7-10)14-5-3-12(21)9-18(14)23/h2-9,20-24H,1H3. The van der Waals surface area contributed by atoms with Gasteiger partial charge in [0.2, 0.25) is 0 Å². The smallest absolute Gasteiger partial charge is 0.131 e. The van der Waals surface area contributed by atoms with E-state index in [0.717, 1.165) is 5.56 Å². The van der Waals surface area contributed by atoms with Crippen molar-refractivity contribution in [3.63, 3.8) is 0 Å². The van der Waals surface area contributed by atoms with Gasteiger partial charge in [0.1, 0.15) is 28.7 Å². The van der Waals surface area contributed by atoms with E-state index in [-0.39, 0.29) is 28.7 Å². The summed E-state index contributed by atoms with van der Waals surface area (Å²) in [6, 6.07) is 11.6. The Hall–Kier alpha value is -3.34. The molecule has 0 saturated heterocycles. The van der Waals surface area contributed by atoms with Crippen molar-refractivity contribution in [2.24, 2.45) is 0 Å². The van der Waals surface area contributed by atoms with Crippen LogP contribution in [0.5, 0.6) is 28.7 Å². The second-order valence-electron chi connectivity index (χ2n) is 5.61. The summed E-state index contributed by atoms with van der Waals surface area (Å²) in [4.78, 5) is 0. The number of hydrogen-bond acceptors (Lipinski definition) is 5. The van der Waals surface area contributed by atoms with Crippen molar-refractivity contribution >= 4 is 0 Å². The average molecular weight is 324 g/mol. The van der Waals surface area contributed by atoms with E-state index in [1.165, 1.54) is 36.4 Å². The quantitative estimate of drug-likeness (QED) is 0.493. The maximum absolute atomic E-state index is 10.7. The summed E-state index contributed by atoms with van der Waals surface area (Å²) in [5.41, 5.74) is 2.25. The Morgan fingerprint density at radius 2 is 0.958 bits per heavy atom. The maximum atomic E-state index is 10.7. The molecule has 0 bridgehead atoms. The van der Waals surface area contributed by atoms with Crippen molar-refractivity contribution in [2.75, 3.05) is 0 Å². The first-order valence-electron chi connectivity index (χ1n) is 7.25. The number of aryl methyl sites for hydroxylation is 1. The Kier molecular flexibility index (Phi) is 3.69. The Morgan fingerprint density at radius 3 is 1.33 bits per heavy atom. The van der Waals surface area contributed by atoms with Gasteiger partial charge >= 0.3 is 0 Å². The molecule has 5 N–H and O–H groups in total. The molecule has 3 aromatic carbocycles. The zero-order valence-corrected chi connectivity index (χ0v) is 12.9. The second kappa shape index (κ2) is 5.70. The molecule has 24 heavy (non-hydrogen) atoms. The van der Waals surface area contributed by atoms with Crippen LogP contribution in [-0.2, 0) is 0 Å². The predicted molar refractivity (Wildman–Crippen MR) is 90.4 cm³/mol. The molecule has 0 aliphatic carbocycles. The molecule has 0 spiro atoms. The highest BCUT2D eigenvalue weighted by molar-refractivity contribution is 5.87. The summed E-state index contributed by atoms with van der Waals surface area (Å²) in [7, 11) is 0. The lowest BCUT2D eigenvalue weighted by atomic mass is 9.94. The molecule has 5 heteroatoms. The van der Waals surface area contributed by atoms with Crippen molar-refractivity contribution in [3.8, 4) is 51.0 Å². The van der Waals surface area contributed by atoms with Gasteiger partial charge in [-0.15, -0.1) is 0 Å². The molecular formula is C19H16O5. The van der Waals surface area contributed by atoms with Crippen LogP contribution >= 0.6 is 0 Å². The van der Waals surface area contributed by atoms with Crippen LogP contribution in [0.1, 0.15) is 5.56 Å². The largest absolute Gasteiger partial charge is 0.508 e. The van der Waals surface area contributed by atoms with Crippen LogP contribution in [0.2, 0.25) is 0 Å². The molecule has 0 aromatic heterocycles. The minimum absolute atomic E-state index is 0.0835. The fourth-order valence-electron chi connectivity index (χ4n) is 2.69. The molecule has 122 valence electrons. The zero-order chi connectivity index (χ0) is 17.4. The number of phenols is 5. The Balaban J connectivity index is 2.25. The van der Waals surface area contributed by atoms with E-state index in [0.29, 0.717) is 22.3 Å². The summed E-state index contributed by atoms with van der Waals surface area (Å²) in [6.07, 6.45) is 0. The third-order valence-corrected chi connectivity index (χ3v) is 3.80. The molecular weight excluding hydrogens is 308 g/mol. The van der Waals surface area contributed by atoms with Gasteiger partial charge in [0.15, 0.2) is 0 Å². The highest BCUT2D eigenvalue weighted by Gasteiger charge is 2.17. The molecule has 0 fully saturated rings. The first kappa shape index (κ1) is 15.6. The average Bonchev–Trinajstić information content (AvgIpc) is 2.50. The molecule has 0 saturated carbocycles. The zero-order valence-electron chi connectivity index (χ0n) is 12.9. The summed E-state index contributed by atoms with van der Waals surface area (Å²) in [5, 5.41) is 49.6. The van der Waals surface area contributed by atoms with E-state index >= 15 is 0 Å². The molecule has 5 nitrogen and oxygen atoms in total. The summed E-state index contributed by atoms with van der Waals surface area (Å²) < 4.78 is 0. The fraction of sp³-hybridized carbons (Fsp3) is 0.0526. The molecule has 0 aliphatic heterocycles. The van der Waals surface area contributed by atoms with Crippen molar-refractivity contribution in [1.29, 1.82) is 0 Å². The van der Waals surface area contributed by atoms with Crippen LogP contribution < -0.4 is 0 Å². The molecule has 3 rings (SSSR count). The van der Waals surface area contributed by atoms with E-state index in [4.69, 9.17) is 0 Å². The van der Waals surface area contributed by atoms with E-state index in [1.807, 2.05) is 6.92 Å². The third kappa shape index (κ3) is 2.67. The second-order valence-corrected chi connectivity index (χ2v) is 5.61. The van der Waals surface area contributed by atoms with E-state index < -0.39 is 0 Å². The highest BCUT2D eigenvalue weighted by atomic mass is 16.3. The number of phenolic OH excluding ortho intramolecular Hbond substituents is 5. The van der Waals surface area contributed by atoms with Gasteiger partial charge in [0, 0.05) is 34.4 Å². The molecule has 3 aromatic rings. The lowest BCUT2D eigenvalue weighted by Crippen LogP contribution is -1.88. The van der Waals surface area contributed by atoms with Crippen molar-refractivity contribution in [3.05, 3.63) is 54.1 Å². The molecule has 0 amide bonds. The van der Waals surface area contributed by atoms with Gasteiger partial charge in [-0.1, -0.05) is 0 Å². The molecule has 0 unspecified atom stereocenters. The molecule has 0 radical (unpaired) electrons. The van der Waals surface area contributed by atoms with Crippen LogP contribution in [0, 0.1) is 6.92 Å². The van der Waals surface area contributed by atoms with E-state index in [2.05, 4.69) is 0 Å². The molecule has 0 atom stereocenters. The topological polar surface area (TPSA) is 101 Å². The number of aromatic hydroxyl groups is 5. The molecule has 0 aliphatic rings. The van der Waals surface area contributed by atoms with Gasteiger partial charge in [0.05, 0.1) is 0 Å². The van der Waals surface area contributed by atoms with Crippen molar-refractivity contribution < 1.29 is 25.5 Å². The lowest BCUT2D eigenvalue weighted by molar-refractivity contribution is 0.449. The Morgan fingerprint density at radius 1 is 0.542 bits per heavy atom. The number of hydrogen-bond donors (Lipinski definition) is 5. The fourth-order valence-corrected chi connectivity index (χ4v) is 2.69. The predicted octanol–water partition coefficient (Wildman–Crippen LogP) is 3.86.